The van der Waals surface area contributed by atoms with Crippen molar-refractivity contribution in [3.63, 3.8) is 0 Å². The van der Waals surface area contributed by atoms with E-state index in [2.05, 4.69) is 19.9 Å². The normalized spacial score (nSPS) is 14.7. The van der Waals surface area contributed by atoms with Crippen LogP contribution in [0.2, 0.25) is 0 Å². The van der Waals surface area contributed by atoms with E-state index >= 15 is 0 Å². The molecule has 0 spiro atoms. The Labute approximate surface area is 249 Å². The number of aromatic nitrogens is 3. The van der Waals surface area contributed by atoms with E-state index in [-0.39, 0.29) is 11.9 Å². The number of likely N-dealkylation sites (tertiary alicyclic amines) is 1. The van der Waals surface area contributed by atoms with Gasteiger partial charge < -0.3 is 9.80 Å². The molecule has 0 N–H and O–H groups in total. The van der Waals surface area contributed by atoms with Crippen molar-refractivity contribution >= 4 is 23.4 Å². The predicted molar refractivity (Wildman–Crippen MR) is 161 cm³/mol. The van der Waals surface area contributed by atoms with Gasteiger partial charge in [0.15, 0.2) is 0 Å². The van der Waals surface area contributed by atoms with Crippen molar-refractivity contribution in [2.45, 2.75) is 38.1 Å². The highest BCUT2D eigenvalue weighted by Gasteiger charge is 2.30. The maximum Gasteiger partial charge on any atom is 0.416 e. The number of nitrogens with zero attached hydrogens (tertiary/aromatic N) is 6. The summed E-state index contributed by atoms with van der Waals surface area (Å²) in [5.74, 6) is -0.164. The molecule has 1 aliphatic heterocycles. The molecule has 224 valence electrons. The summed E-state index contributed by atoms with van der Waals surface area (Å²) >= 11 is 0. The highest BCUT2D eigenvalue weighted by Crippen LogP contribution is 2.29. The Morgan fingerprint density at radius 3 is 2.19 bits per heavy atom. The number of anilines is 2. The molecule has 0 aliphatic carbocycles. The van der Waals surface area contributed by atoms with Crippen LogP contribution in [0.1, 0.15) is 35.2 Å². The number of hydrogen-bond acceptors (Lipinski definition) is 5. The van der Waals surface area contributed by atoms with Crippen LogP contribution in [0.25, 0.3) is 6.08 Å². The number of carbonyl (C=O) groups is 1. The number of halogens is 3. The van der Waals surface area contributed by atoms with Gasteiger partial charge >= 0.3 is 6.18 Å². The number of alkyl halides is 3. The lowest BCUT2D eigenvalue weighted by Gasteiger charge is -2.38. The minimum atomic E-state index is -4.40. The summed E-state index contributed by atoms with van der Waals surface area (Å²) in [6, 6.07) is 18.9. The van der Waals surface area contributed by atoms with Gasteiger partial charge in [-0.25, -0.2) is 0 Å². The van der Waals surface area contributed by atoms with Crippen LogP contribution < -0.4 is 4.90 Å². The van der Waals surface area contributed by atoms with Gasteiger partial charge in [-0.15, -0.1) is 0 Å². The van der Waals surface area contributed by atoms with Crippen molar-refractivity contribution in [1.29, 1.82) is 0 Å². The number of aryl methyl sites for hydroxylation is 1. The van der Waals surface area contributed by atoms with E-state index in [4.69, 9.17) is 0 Å². The van der Waals surface area contributed by atoms with E-state index in [0.717, 1.165) is 67.2 Å². The van der Waals surface area contributed by atoms with Gasteiger partial charge in [-0.05, 0) is 72.5 Å². The average Bonchev–Trinajstić information content (AvgIpc) is 3.43. The van der Waals surface area contributed by atoms with Gasteiger partial charge in [-0.3, -0.25) is 19.4 Å². The molecule has 0 atom stereocenters. The number of benzene rings is 2. The van der Waals surface area contributed by atoms with Gasteiger partial charge in [0, 0.05) is 82.4 Å². The van der Waals surface area contributed by atoms with Crippen molar-refractivity contribution in [2.75, 3.05) is 25.0 Å². The minimum absolute atomic E-state index is 0.0340. The van der Waals surface area contributed by atoms with E-state index < -0.39 is 11.7 Å². The van der Waals surface area contributed by atoms with Crippen LogP contribution in [-0.4, -0.2) is 56.7 Å². The zero-order valence-electron chi connectivity index (χ0n) is 24.3. The van der Waals surface area contributed by atoms with Gasteiger partial charge in [-0.1, -0.05) is 24.3 Å². The molecule has 10 heteroatoms. The SMILES string of the molecule is CN(c1ccncc1)c1ccc(CN(C(=O)/C=C/c2ccc(C(F)(F)F)cc2)C2CCN(Cc3ccnn3C)CC2)cc1. The fourth-order valence-corrected chi connectivity index (χ4v) is 5.35. The smallest absolute Gasteiger partial charge is 0.345 e. The number of rotatable bonds is 9. The van der Waals surface area contributed by atoms with Crippen LogP contribution >= 0.6 is 0 Å². The van der Waals surface area contributed by atoms with E-state index in [1.165, 1.54) is 18.2 Å². The second-order valence-corrected chi connectivity index (χ2v) is 10.8. The summed E-state index contributed by atoms with van der Waals surface area (Å²) in [6.45, 7) is 2.93. The second kappa shape index (κ2) is 13.2. The zero-order chi connectivity index (χ0) is 30.4. The molecule has 2 aromatic heterocycles. The number of amides is 1. The van der Waals surface area contributed by atoms with Crippen LogP contribution in [-0.2, 0) is 31.1 Å². The largest absolute Gasteiger partial charge is 0.416 e. The first-order valence-corrected chi connectivity index (χ1v) is 14.3. The van der Waals surface area contributed by atoms with Gasteiger partial charge in [-0.2, -0.15) is 18.3 Å². The van der Waals surface area contributed by atoms with Gasteiger partial charge in [0.25, 0.3) is 0 Å². The van der Waals surface area contributed by atoms with Gasteiger partial charge in [0.05, 0.1) is 11.3 Å². The Bertz CT molecular complexity index is 1510. The quantitative estimate of drug-likeness (QED) is 0.215. The zero-order valence-corrected chi connectivity index (χ0v) is 24.3. The van der Waals surface area contributed by atoms with Crippen LogP contribution in [0.4, 0.5) is 24.5 Å². The van der Waals surface area contributed by atoms with Crippen molar-refractivity contribution in [2.24, 2.45) is 7.05 Å². The molecule has 0 bridgehead atoms. The van der Waals surface area contributed by atoms with Crippen LogP contribution in [0.15, 0.2) is 91.4 Å². The lowest BCUT2D eigenvalue weighted by molar-refractivity contribution is -0.137. The van der Waals surface area contributed by atoms with Crippen molar-refractivity contribution < 1.29 is 18.0 Å². The lowest BCUT2D eigenvalue weighted by atomic mass is 10.0. The van der Waals surface area contributed by atoms with E-state index in [9.17, 15) is 18.0 Å². The minimum Gasteiger partial charge on any atom is -0.345 e. The molecule has 1 aliphatic rings. The molecule has 2 aromatic carbocycles. The summed E-state index contributed by atoms with van der Waals surface area (Å²) < 4.78 is 40.8. The Morgan fingerprint density at radius 1 is 0.930 bits per heavy atom. The topological polar surface area (TPSA) is 57.5 Å². The Morgan fingerprint density at radius 2 is 1.58 bits per heavy atom. The molecule has 1 amide bonds. The molecular weight excluding hydrogens is 553 g/mol. The van der Waals surface area contributed by atoms with Crippen LogP contribution in [0.3, 0.4) is 0 Å². The molecular formula is C33H35F3N6O. The molecule has 0 unspecified atom stereocenters. The molecule has 0 saturated carbocycles. The molecule has 1 saturated heterocycles. The van der Waals surface area contributed by atoms with Gasteiger partial charge in [0.1, 0.15) is 0 Å². The van der Waals surface area contributed by atoms with Gasteiger partial charge in [0.2, 0.25) is 5.91 Å². The second-order valence-electron chi connectivity index (χ2n) is 10.8. The Balaban J connectivity index is 1.30. The number of piperidine rings is 1. The fourth-order valence-electron chi connectivity index (χ4n) is 5.35. The molecule has 4 aromatic rings. The van der Waals surface area contributed by atoms with E-state index in [0.29, 0.717) is 12.1 Å². The first-order valence-electron chi connectivity index (χ1n) is 14.3. The Hall–Kier alpha value is -4.44. The predicted octanol–water partition coefficient (Wildman–Crippen LogP) is 6.31. The monoisotopic (exact) mass is 588 g/mol. The molecule has 43 heavy (non-hydrogen) atoms. The standard InChI is InChI=1S/C33H35F3N6O/c1-39(29-13-18-37-19-14-29)28-10-5-26(6-11-28)23-42(30-16-21-41(22-17-30)24-31-15-20-38-40(31)2)32(43)12-7-25-3-8-27(9-4-25)33(34,35)36/h3-15,18-20,30H,16-17,21-24H2,1-2H3/b12-7+. The molecule has 7 nitrogen and oxygen atoms in total. The first-order chi connectivity index (χ1) is 20.7. The summed E-state index contributed by atoms with van der Waals surface area (Å²) in [6.07, 6.45) is 5.60. The Kier molecular flexibility index (Phi) is 9.25. The number of carbonyl (C=O) groups excluding carboxylic acids is 1. The van der Waals surface area contributed by atoms with E-state index in [1.807, 2.05) is 66.1 Å². The highest BCUT2D eigenvalue weighted by molar-refractivity contribution is 5.92. The maximum atomic E-state index is 13.6. The summed E-state index contributed by atoms with van der Waals surface area (Å²) in [5, 5.41) is 4.26. The molecule has 1 fully saturated rings. The molecule has 5 rings (SSSR count). The maximum absolute atomic E-state index is 13.6. The third-order valence-corrected chi connectivity index (χ3v) is 7.97. The van der Waals surface area contributed by atoms with Crippen molar-refractivity contribution in [3.05, 3.63) is 114 Å². The van der Waals surface area contributed by atoms with Crippen LogP contribution in [0, 0.1) is 0 Å². The van der Waals surface area contributed by atoms with Crippen molar-refractivity contribution in [1.82, 2.24) is 24.6 Å². The number of pyridine rings is 1. The molecule has 3 heterocycles. The third-order valence-electron chi connectivity index (χ3n) is 7.97. The highest BCUT2D eigenvalue weighted by atomic mass is 19.4. The van der Waals surface area contributed by atoms with E-state index in [1.54, 1.807) is 24.7 Å². The molecule has 0 radical (unpaired) electrons. The first kappa shape index (κ1) is 30.0. The lowest BCUT2D eigenvalue weighted by Crippen LogP contribution is -2.46. The summed E-state index contributed by atoms with van der Waals surface area (Å²) in [4.78, 5) is 24.0. The average molecular weight is 589 g/mol. The third kappa shape index (κ3) is 7.70. The fraction of sp³-hybridized carbons (Fsp3) is 0.303. The summed E-state index contributed by atoms with van der Waals surface area (Å²) in [7, 11) is 3.93. The van der Waals surface area contributed by atoms with Crippen LogP contribution in [0.5, 0.6) is 0 Å². The summed E-state index contributed by atoms with van der Waals surface area (Å²) in [5.41, 5.74) is 4.00. The van der Waals surface area contributed by atoms with Crippen molar-refractivity contribution in [3.8, 4) is 0 Å². The number of hydrogen-bond donors (Lipinski definition) is 0.